The van der Waals surface area contributed by atoms with Crippen molar-refractivity contribution in [2.75, 3.05) is 25.0 Å². The molecule has 1 aliphatic heterocycles. The van der Waals surface area contributed by atoms with Crippen molar-refractivity contribution in [1.82, 2.24) is 20.2 Å². The molecule has 1 aliphatic rings. The molecule has 3 heterocycles. The topological polar surface area (TPSA) is 83.3 Å². The number of rotatable bonds is 6. The molecular formula is C21H33Cl2N5O2. The molecule has 0 bridgehead atoms. The number of nitrogens with zero attached hydrogens (tertiary/aromatic N) is 3. The zero-order valence-electron chi connectivity index (χ0n) is 18.1. The summed E-state index contributed by atoms with van der Waals surface area (Å²) < 4.78 is 5.41. The molecule has 30 heavy (non-hydrogen) atoms. The van der Waals surface area contributed by atoms with E-state index in [9.17, 15) is 4.79 Å². The van der Waals surface area contributed by atoms with Crippen molar-refractivity contribution in [3.63, 3.8) is 0 Å². The Kier molecular flexibility index (Phi) is 10.1. The van der Waals surface area contributed by atoms with Crippen molar-refractivity contribution in [3.8, 4) is 0 Å². The standard InChI is InChI=1S/C21H31N5O2.2ClH/c1-5-26(15-8-6-10-22-12-15)19(27)17-14-24-20(21(2,3)4)25-18(17)23-13-16-9-7-11-28-16;;/h7,9,11,14-15,22H,5-6,8,10,12-13H2,1-4H3,(H,23,24,25);2*1H. The molecule has 0 aliphatic carbocycles. The van der Waals surface area contributed by atoms with Gasteiger partial charge in [-0.15, -0.1) is 24.8 Å². The number of likely N-dealkylation sites (N-methyl/N-ethyl adjacent to an activating group) is 1. The lowest BCUT2D eigenvalue weighted by Gasteiger charge is -2.34. The van der Waals surface area contributed by atoms with E-state index >= 15 is 0 Å². The molecule has 1 unspecified atom stereocenters. The quantitative estimate of drug-likeness (QED) is 0.680. The molecular weight excluding hydrogens is 425 g/mol. The highest BCUT2D eigenvalue weighted by Crippen LogP contribution is 2.24. The molecule has 2 aromatic heterocycles. The summed E-state index contributed by atoms with van der Waals surface area (Å²) in [6, 6.07) is 3.94. The third kappa shape index (κ3) is 6.33. The Bertz CT molecular complexity index is 787. The molecule has 1 atom stereocenters. The summed E-state index contributed by atoms with van der Waals surface area (Å²) in [6.07, 6.45) is 5.40. The Morgan fingerprint density at radius 1 is 1.37 bits per heavy atom. The number of hydrogen-bond donors (Lipinski definition) is 2. The molecule has 1 saturated heterocycles. The van der Waals surface area contributed by atoms with Gasteiger partial charge >= 0.3 is 0 Å². The van der Waals surface area contributed by atoms with Crippen LogP contribution in [-0.2, 0) is 12.0 Å². The van der Waals surface area contributed by atoms with E-state index < -0.39 is 0 Å². The number of amides is 1. The minimum atomic E-state index is -0.208. The van der Waals surface area contributed by atoms with Crippen LogP contribution in [-0.4, -0.2) is 46.5 Å². The molecule has 0 spiro atoms. The molecule has 0 aromatic carbocycles. The molecule has 0 radical (unpaired) electrons. The minimum Gasteiger partial charge on any atom is -0.467 e. The molecule has 2 N–H and O–H groups in total. The Morgan fingerprint density at radius 3 is 2.70 bits per heavy atom. The summed E-state index contributed by atoms with van der Waals surface area (Å²) in [4.78, 5) is 24.5. The number of anilines is 1. The minimum absolute atomic E-state index is 0. The van der Waals surface area contributed by atoms with Crippen molar-refractivity contribution >= 4 is 36.5 Å². The van der Waals surface area contributed by atoms with Crippen LogP contribution >= 0.6 is 24.8 Å². The molecule has 9 heteroatoms. The van der Waals surface area contributed by atoms with Gasteiger partial charge in [-0.2, -0.15) is 0 Å². The number of hydrogen-bond acceptors (Lipinski definition) is 6. The summed E-state index contributed by atoms with van der Waals surface area (Å²) in [7, 11) is 0. The van der Waals surface area contributed by atoms with Crippen LogP contribution in [0, 0.1) is 0 Å². The van der Waals surface area contributed by atoms with E-state index in [-0.39, 0.29) is 42.2 Å². The molecule has 2 aromatic rings. The smallest absolute Gasteiger partial charge is 0.259 e. The second-order valence-corrected chi connectivity index (χ2v) is 8.23. The van der Waals surface area contributed by atoms with Crippen molar-refractivity contribution < 1.29 is 9.21 Å². The summed E-state index contributed by atoms with van der Waals surface area (Å²) >= 11 is 0. The molecule has 3 rings (SSSR count). The van der Waals surface area contributed by atoms with Crippen molar-refractivity contribution in [1.29, 1.82) is 0 Å². The molecule has 1 amide bonds. The third-order valence-corrected chi connectivity index (χ3v) is 5.01. The molecule has 7 nitrogen and oxygen atoms in total. The summed E-state index contributed by atoms with van der Waals surface area (Å²) in [6.45, 7) is 11.2. The van der Waals surface area contributed by atoms with Crippen LogP contribution in [0.2, 0.25) is 0 Å². The first-order valence-electron chi connectivity index (χ1n) is 10.1. The van der Waals surface area contributed by atoms with Gasteiger partial charge in [0.05, 0.1) is 12.8 Å². The number of piperidine rings is 1. The molecule has 168 valence electrons. The third-order valence-electron chi connectivity index (χ3n) is 5.01. The largest absolute Gasteiger partial charge is 0.467 e. The van der Waals surface area contributed by atoms with Crippen LogP contribution < -0.4 is 10.6 Å². The van der Waals surface area contributed by atoms with E-state index in [4.69, 9.17) is 9.40 Å². The normalized spacial score (nSPS) is 16.2. The van der Waals surface area contributed by atoms with Crippen LogP contribution in [0.5, 0.6) is 0 Å². The number of carbonyl (C=O) groups excluding carboxylic acids is 1. The van der Waals surface area contributed by atoms with Gasteiger partial charge in [0, 0.05) is 30.7 Å². The summed E-state index contributed by atoms with van der Waals surface area (Å²) in [5.41, 5.74) is 0.299. The Morgan fingerprint density at radius 2 is 2.13 bits per heavy atom. The van der Waals surface area contributed by atoms with Crippen LogP contribution in [0.25, 0.3) is 0 Å². The second-order valence-electron chi connectivity index (χ2n) is 8.23. The monoisotopic (exact) mass is 457 g/mol. The van der Waals surface area contributed by atoms with Gasteiger partial charge in [0.25, 0.3) is 5.91 Å². The lowest BCUT2D eigenvalue weighted by atomic mass is 9.95. The van der Waals surface area contributed by atoms with Crippen molar-refractivity contribution in [2.45, 2.75) is 58.5 Å². The fourth-order valence-corrected chi connectivity index (χ4v) is 3.44. The Balaban J connectivity index is 0.00000225. The predicted molar refractivity (Wildman–Crippen MR) is 124 cm³/mol. The van der Waals surface area contributed by atoms with Crippen molar-refractivity contribution in [3.05, 3.63) is 41.7 Å². The number of nitrogens with one attached hydrogen (secondary N) is 2. The van der Waals surface area contributed by atoms with Gasteiger partial charge in [-0.05, 0) is 38.4 Å². The highest BCUT2D eigenvalue weighted by Gasteiger charge is 2.28. The van der Waals surface area contributed by atoms with Crippen LogP contribution in [0.1, 0.15) is 62.5 Å². The maximum absolute atomic E-state index is 13.4. The second kappa shape index (κ2) is 11.5. The van der Waals surface area contributed by atoms with E-state index in [0.717, 1.165) is 31.7 Å². The van der Waals surface area contributed by atoms with E-state index in [0.29, 0.717) is 30.3 Å². The first kappa shape index (κ1) is 26.2. The first-order valence-corrected chi connectivity index (χ1v) is 10.1. The van der Waals surface area contributed by atoms with E-state index in [2.05, 4.69) is 36.4 Å². The Hall–Kier alpha value is -1.83. The van der Waals surface area contributed by atoms with Crippen LogP contribution in [0.15, 0.2) is 29.0 Å². The summed E-state index contributed by atoms with van der Waals surface area (Å²) in [5.74, 6) is 2.02. The van der Waals surface area contributed by atoms with E-state index in [1.807, 2.05) is 24.0 Å². The maximum atomic E-state index is 13.4. The summed E-state index contributed by atoms with van der Waals surface area (Å²) in [5, 5.41) is 6.67. The van der Waals surface area contributed by atoms with Gasteiger partial charge in [0.15, 0.2) is 0 Å². The van der Waals surface area contributed by atoms with Gasteiger partial charge in [-0.1, -0.05) is 20.8 Å². The number of carbonyl (C=O) groups is 1. The van der Waals surface area contributed by atoms with Gasteiger partial charge in [0.2, 0.25) is 0 Å². The van der Waals surface area contributed by atoms with Crippen LogP contribution in [0.4, 0.5) is 5.82 Å². The predicted octanol–water partition coefficient (Wildman–Crippen LogP) is 4.04. The maximum Gasteiger partial charge on any atom is 0.259 e. The van der Waals surface area contributed by atoms with Crippen LogP contribution in [0.3, 0.4) is 0 Å². The number of halogens is 2. The highest BCUT2D eigenvalue weighted by atomic mass is 35.5. The van der Waals surface area contributed by atoms with Gasteiger partial charge in [-0.3, -0.25) is 4.79 Å². The molecule has 0 saturated carbocycles. The Labute approximate surface area is 191 Å². The number of aromatic nitrogens is 2. The van der Waals surface area contributed by atoms with Crippen molar-refractivity contribution in [2.24, 2.45) is 0 Å². The van der Waals surface area contributed by atoms with E-state index in [1.165, 1.54) is 0 Å². The zero-order chi connectivity index (χ0) is 20.1. The van der Waals surface area contributed by atoms with Gasteiger partial charge in [0.1, 0.15) is 23.0 Å². The fourth-order valence-electron chi connectivity index (χ4n) is 3.44. The SMILES string of the molecule is CCN(C(=O)c1cnc(C(C)(C)C)nc1NCc1ccco1)C1CCCNC1.Cl.Cl. The lowest BCUT2D eigenvalue weighted by Crippen LogP contribution is -2.48. The van der Waals surface area contributed by atoms with Gasteiger partial charge in [-0.25, -0.2) is 9.97 Å². The zero-order valence-corrected chi connectivity index (χ0v) is 19.7. The highest BCUT2D eigenvalue weighted by molar-refractivity contribution is 5.98. The fraction of sp³-hybridized carbons (Fsp3) is 0.571. The van der Waals surface area contributed by atoms with Gasteiger partial charge < -0.3 is 20.0 Å². The average Bonchev–Trinajstić information content (AvgIpc) is 3.20. The first-order chi connectivity index (χ1) is 13.4. The molecule has 1 fully saturated rings. The average molecular weight is 458 g/mol. The van der Waals surface area contributed by atoms with E-state index in [1.54, 1.807) is 12.5 Å². The number of furan rings is 1. The lowest BCUT2D eigenvalue weighted by molar-refractivity contribution is 0.0662.